The summed E-state index contributed by atoms with van der Waals surface area (Å²) < 4.78 is 0. The summed E-state index contributed by atoms with van der Waals surface area (Å²) in [6.07, 6.45) is 2.49. The fourth-order valence-corrected chi connectivity index (χ4v) is 2.85. The largest absolute Gasteiger partial charge is 0.306 e. The third-order valence-electron chi connectivity index (χ3n) is 4.48. The van der Waals surface area contributed by atoms with Gasteiger partial charge >= 0.3 is 0 Å². The Kier molecular flexibility index (Phi) is 5.32. The van der Waals surface area contributed by atoms with Gasteiger partial charge in [0.15, 0.2) is 5.78 Å². The Hall–Kier alpha value is -1.19. The van der Waals surface area contributed by atoms with E-state index in [0.717, 1.165) is 18.0 Å². The second-order valence-corrected chi connectivity index (χ2v) is 6.09. The van der Waals surface area contributed by atoms with Gasteiger partial charge in [-0.1, -0.05) is 30.3 Å². The van der Waals surface area contributed by atoms with Gasteiger partial charge in [0.05, 0.1) is 6.04 Å². The molecule has 0 radical (unpaired) electrons. The smallest absolute Gasteiger partial charge is 0.179 e. The second-order valence-electron chi connectivity index (χ2n) is 6.09. The summed E-state index contributed by atoms with van der Waals surface area (Å²) >= 11 is 0. The summed E-state index contributed by atoms with van der Waals surface area (Å²) in [5, 5.41) is 0. The van der Waals surface area contributed by atoms with Crippen LogP contribution in [0.4, 0.5) is 0 Å². The zero-order chi connectivity index (χ0) is 14.5. The molecule has 1 aromatic carbocycles. The predicted molar refractivity (Wildman–Crippen MR) is 83.1 cm³/mol. The lowest BCUT2D eigenvalue weighted by Gasteiger charge is -2.33. The molecule has 1 aliphatic rings. The van der Waals surface area contributed by atoms with Crippen LogP contribution >= 0.6 is 0 Å². The number of piperidine rings is 1. The SMILES string of the molecule is CC(C(=O)c1ccccc1)N(C)CC1CCN(C)CC1. The molecule has 3 heteroatoms. The molecule has 0 bridgehead atoms. The van der Waals surface area contributed by atoms with Crippen molar-refractivity contribution in [2.75, 3.05) is 33.7 Å². The first kappa shape index (κ1) is 15.2. The number of Topliss-reactive ketones (excluding diaryl/α,β-unsaturated/α-hetero) is 1. The number of hydrogen-bond donors (Lipinski definition) is 0. The highest BCUT2D eigenvalue weighted by Crippen LogP contribution is 2.18. The van der Waals surface area contributed by atoms with Crippen molar-refractivity contribution >= 4 is 5.78 Å². The maximum Gasteiger partial charge on any atom is 0.179 e. The first-order valence-corrected chi connectivity index (χ1v) is 7.56. The number of carbonyl (C=O) groups excluding carboxylic acids is 1. The molecule has 1 atom stereocenters. The van der Waals surface area contributed by atoms with E-state index in [2.05, 4.69) is 23.9 Å². The number of likely N-dealkylation sites (N-methyl/N-ethyl adjacent to an activating group) is 1. The predicted octanol–water partition coefficient (Wildman–Crippen LogP) is 2.53. The van der Waals surface area contributed by atoms with E-state index in [4.69, 9.17) is 0 Å². The molecule has 110 valence electrons. The van der Waals surface area contributed by atoms with Crippen molar-refractivity contribution < 1.29 is 4.79 Å². The van der Waals surface area contributed by atoms with Gasteiger partial charge in [0, 0.05) is 12.1 Å². The summed E-state index contributed by atoms with van der Waals surface area (Å²) in [5.41, 5.74) is 0.815. The van der Waals surface area contributed by atoms with Crippen molar-refractivity contribution in [3.8, 4) is 0 Å². The summed E-state index contributed by atoms with van der Waals surface area (Å²) in [5.74, 6) is 0.947. The Morgan fingerprint density at radius 3 is 2.50 bits per heavy atom. The molecule has 1 unspecified atom stereocenters. The summed E-state index contributed by atoms with van der Waals surface area (Å²) in [4.78, 5) is 17.0. The van der Waals surface area contributed by atoms with E-state index in [-0.39, 0.29) is 11.8 Å². The van der Waals surface area contributed by atoms with Gasteiger partial charge in [-0.3, -0.25) is 9.69 Å². The fourth-order valence-electron chi connectivity index (χ4n) is 2.85. The van der Waals surface area contributed by atoms with Crippen LogP contribution in [0.2, 0.25) is 0 Å². The van der Waals surface area contributed by atoms with Gasteiger partial charge in [-0.05, 0) is 52.9 Å². The molecule has 0 aliphatic carbocycles. The highest BCUT2D eigenvalue weighted by atomic mass is 16.1. The summed E-state index contributed by atoms with van der Waals surface area (Å²) in [6.45, 7) is 5.40. The highest BCUT2D eigenvalue weighted by molar-refractivity contribution is 5.99. The molecule has 20 heavy (non-hydrogen) atoms. The molecule has 0 amide bonds. The van der Waals surface area contributed by atoms with E-state index in [1.165, 1.54) is 25.9 Å². The second kappa shape index (κ2) is 7.00. The van der Waals surface area contributed by atoms with E-state index in [0.29, 0.717) is 0 Å². The Balaban J connectivity index is 1.88. The van der Waals surface area contributed by atoms with Crippen molar-refractivity contribution in [2.45, 2.75) is 25.8 Å². The molecule has 1 fully saturated rings. The minimum Gasteiger partial charge on any atom is -0.306 e. The average molecular weight is 274 g/mol. The van der Waals surface area contributed by atoms with Crippen LogP contribution in [0.5, 0.6) is 0 Å². The fraction of sp³-hybridized carbons (Fsp3) is 0.588. The Bertz CT molecular complexity index is 424. The standard InChI is InChI=1S/C17H26N2O/c1-14(17(20)16-7-5-4-6-8-16)19(3)13-15-9-11-18(2)12-10-15/h4-8,14-15H,9-13H2,1-3H3. The van der Waals surface area contributed by atoms with Crippen LogP contribution < -0.4 is 0 Å². The lowest BCUT2D eigenvalue weighted by atomic mass is 9.95. The number of benzene rings is 1. The molecule has 1 heterocycles. The molecular formula is C17H26N2O. The molecule has 0 saturated carbocycles. The van der Waals surface area contributed by atoms with Crippen molar-refractivity contribution in [1.82, 2.24) is 9.80 Å². The van der Waals surface area contributed by atoms with Gasteiger partial charge in [-0.15, -0.1) is 0 Å². The van der Waals surface area contributed by atoms with E-state index in [1.54, 1.807) is 0 Å². The molecule has 1 aromatic rings. The zero-order valence-electron chi connectivity index (χ0n) is 12.9. The number of ketones is 1. The molecule has 0 spiro atoms. The van der Waals surface area contributed by atoms with E-state index >= 15 is 0 Å². The van der Waals surface area contributed by atoms with E-state index in [9.17, 15) is 4.79 Å². The van der Waals surface area contributed by atoms with Crippen molar-refractivity contribution in [3.05, 3.63) is 35.9 Å². The molecule has 1 saturated heterocycles. The van der Waals surface area contributed by atoms with E-state index < -0.39 is 0 Å². The van der Waals surface area contributed by atoms with Gasteiger partial charge in [-0.25, -0.2) is 0 Å². The number of hydrogen-bond acceptors (Lipinski definition) is 3. The quantitative estimate of drug-likeness (QED) is 0.771. The number of rotatable bonds is 5. The molecule has 0 N–H and O–H groups in total. The van der Waals surface area contributed by atoms with Crippen molar-refractivity contribution in [2.24, 2.45) is 5.92 Å². The van der Waals surface area contributed by atoms with Gasteiger partial charge < -0.3 is 4.90 Å². The van der Waals surface area contributed by atoms with Gasteiger partial charge in [0.25, 0.3) is 0 Å². The van der Waals surface area contributed by atoms with E-state index in [1.807, 2.05) is 37.3 Å². The number of nitrogens with zero attached hydrogens (tertiary/aromatic N) is 2. The summed E-state index contributed by atoms with van der Waals surface area (Å²) in [7, 11) is 4.26. The van der Waals surface area contributed by atoms with Crippen LogP contribution in [0.15, 0.2) is 30.3 Å². The maximum atomic E-state index is 12.4. The first-order valence-electron chi connectivity index (χ1n) is 7.56. The van der Waals surface area contributed by atoms with Crippen molar-refractivity contribution in [1.29, 1.82) is 0 Å². The normalized spacial score (nSPS) is 19.2. The Morgan fingerprint density at radius 1 is 1.30 bits per heavy atom. The van der Waals surface area contributed by atoms with Crippen LogP contribution in [0.1, 0.15) is 30.1 Å². The average Bonchev–Trinajstić information content (AvgIpc) is 2.49. The van der Waals surface area contributed by atoms with Crippen LogP contribution in [0.25, 0.3) is 0 Å². The lowest BCUT2D eigenvalue weighted by molar-refractivity contribution is 0.0829. The van der Waals surface area contributed by atoms with Crippen molar-refractivity contribution in [3.63, 3.8) is 0 Å². The highest BCUT2D eigenvalue weighted by Gasteiger charge is 2.24. The Labute approximate surface area is 122 Å². The van der Waals surface area contributed by atoms with Gasteiger partial charge in [0.2, 0.25) is 0 Å². The Morgan fingerprint density at radius 2 is 1.90 bits per heavy atom. The topological polar surface area (TPSA) is 23.6 Å². The maximum absolute atomic E-state index is 12.4. The zero-order valence-corrected chi connectivity index (χ0v) is 12.9. The molecule has 1 aliphatic heterocycles. The third kappa shape index (κ3) is 3.90. The minimum absolute atomic E-state index is 0.0444. The molecule has 3 nitrogen and oxygen atoms in total. The monoisotopic (exact) mass is 274 g/mol. The molecule has 2 rings (SSSR count). The van der Waals surface area contributed by atoms with Crippen LogP contribution in [0, 0.1) is 5.92 Å². The van der Waals surface area contributed by atoms with Crippen LogP contribution in [0.3, 0.4) is 0 Å². The van der Waals surface area contributed by atoms with Gasteiger partial charge in [0.1, 0.15) is 0 Å². The van der Waals surface area contributed by atoms with Crippen LogP contribution in [-0.4, -0.2) is 55.4 Å². The molecular weight excluding hydrogens is 248 g/mol. The third-order valence-corrected chi connectivity index (χ3v) is 4.48. The number of likely N-dealkylation sites (tertiary alicyclic amines) is 1. The lowest BCUT2D eigenvalue weighted by Crippen LogP contribution is -2.41. The first-order chi connectivity index (χ1) is 9.58. The minimum atomic E-state index is -0.0444. The van der Waals surface area contributed by atoms with Crippen LogP contribution in [-0.2, 0) is 0 Å². The summed E-state index contributed by atoms with van der Waals surface area (Å²) in [6, 6.07) is 9.57. The van der Waals surface area contributed by atoms with Gasteiger partial charge in [-0.2, -0.15) is 0 Å². The number of carbonyl (C=O) groups is 1. The molecule has 0 aromatic heterocycles.